The van der Waals surface area contributed by atoms with E-state index in [2.05, 4.69) is 31.8 Å². The number of nitrogens with zero attached hydrogens (tertiary/aromatic N) is 1. The van der Waals surface area contributed by atoms with E-state index >= 15 is 0 Å². The number of nitrogens with one attached hydrogen (secondary N) is 2. The second kappa shape index (κ2) is 9.94. The summed E-state index contributed by atoms with van der Waals surface area (Å²) in [5.74, 6) is 0.155. The Balaban J connectivity index is 1.91. The maximum Gasteiger partial charge on any atom is 0.259 e. The summed E-state index contributed by atoms with van der Waals surface area (Å²) in [6, 6.07) is 10.0. The minimum absolute atomic E-state index is 0.239. The van der Waals surface area contributed by atoms with Gasteiger partial charge in [-0.3, -0.25) is 9.59 Å². The van der Waals surface area contributed by atoms with Gasteiger partial charge in [0, 0.05) is 0 Å². The number of carbonyl (C=O) groups excluding carboxylic acids is 2. The van der Waals surface area contributed by atoms with E-state index in [1.807, 2.05) is 0 Å². The Labute approximate surface area is 169 Å². The number of ether oxygens (including phenoxy) is 2. The van der Waals surface area contributed by atoms with Gasteiger partial charge in [0.05, 0.1) is 42.0 Å². The standard InChI is InChI=1S/C18H17BrClN3O4/c1-26-15-8-11(7-13(19)17(15)27-2)9-22-23-16(24)10-21-18(25)12-5-3-4-6-14(12)20/h3-9H,10H2,1-2H3,(H,21,25)(H,23,24). The molecule has 2 aromatic carbocycles. The maximum absolute atomic E-state index is 12.0. The Bertz CT molecular complexity index is 874. The molecule has 0 spiro atoms. The molecule has 0 saturated carbocycles. The number of hydrogen-bond donors (Lipinski definition) is 2. The molecule has 0 aliphatic rings. The second-order valence-electron chi connectivity index (χ2n) is 5.19. The molecule has 9 heteroatoms. The van der Waals surface area contributed by atoms with Crippen LogP contribution in [0.4, 0.5) is 0 Å². The largest absolute Gasteiger partial charge is 0.493 e. The van der Waals surface area contributed by atoms with Crippen LogP contribution in [0, 0.1) is 0 Å². The lowest BCUT2D eigenvalue weighted by molar-refractivity contribution is -0.120. The monoisotopic (exact) mass is 453 g/mol. The third-order valence-corrected chi connectivity index (χ3v) is 4.31. The van der Waals surface area contributed by atoms with Crippen LogP contribution >= 0.6 is 27.5 Å². The third kappa shape index (κ3) is 5.70. The maximum atomic E-state index is 12.0. The third-order valence-electron chi connectivity index (χ3n) is 3.39. The van der Waals surface area contributed by atoms with E-state index in [0.717, 1.165) is 0 Å². The molecule has 0 atom stereocenters. The number of carbonyl (C=O) groups is 2. The van der Waals surface area contributed by atoms with Gasteiger partial charge in [0.15, 0.2) is 11.5 Å². The lowest BCUT2D eigenvalue weighted by atomic mass is 10.2. The Hall–Kier alpha value is -2.58. The molecule has 0 saturated heterocycles. The molecule has 7 nitrogen and oxygen atoms in total. The first-order chi connectivity index (χ1) is 13.0. The Morgan fingerprint density at radius 3 is 2.63 bits per heavy atom. The summed E-state index contributed by atoms with van der Waals surface area (Å²) in [5, 5.41) is 6.65. The zero-order valence-electron chi connectivity index (χ0n) is 14.6. The zero-order valence-corrected chi connectivity index (χ0v) is 16.9. The van der Waals surface area contributed by atoms with Crippen LogP contribution in [0.2, 0.25) is 5.02 Å². The highest BCUT2D eigenvalue weighted by atomic mass is 79.9. The fourth-order valence-corrected chi connectivity index (χ4v) is 2.98. The van der Waals surface area contributed by atoms with Gasteiger partial charge >= 0.3 is 0 Å². The van der Waals surface area contributed by atoms with E-state index in [4.69, 9.17) is 21.1 Å². The van der Waals surface area contributed by atoms with Crippen molar-refractivity contribution >= 4 is 45.6 Å². The van der Waals surface area contributed by atoms with E-state index in [0.29, 0.717) is 32.1 Å². The van der Waals surface area contributed by atoms with Gasteiger partial charge in [-0.05, 0) is 45.8 Å². The van der Waals surface area contributed by atoms with Crippen molar-refractivity contribution in [2.24, 2.45) is 5.10 Å². The van der Waals surface area contributed by atoms with Crippen LogP contribution in [0.5, 0.6) is 11.5 Å². The molecule has 0 fully saturated rings. The molecule has 0 unspecified atom stereocenters. The van der Waals surface area contributed by atoms with Gasteiger partial charge in [-0.15, -0.1) is 0 Å². The molecule has 2 aromatic rings. The predicted octanol–water partition coefficient (Wildman–Crippen LogP) is 3.00. The SMILES string of the molecule is COc1cc(C=NNC(=O)CNC(=O)c2ccccc2Cl)cc(Br)c1OC. The lowest BCUT2D eigenvalue weighted by Gasteiger charge is -2.10. The number of hydrogen-bond acceptors (Lipinski definition) is 5. The van der Waals surface area contributed by atoms with Crippen LogP contribution in [0.1, 0.15) is 15.9 Å². The first kappa shape index (κ1) is 20.7. The van der Waals surface area contributed by atoms with E-state index in [1.165, 1.54) is 20.4 Å². The highest BCUT2D eigenvalue weighted by Crippen LogP contribution is 2.35. The summed E-state index contributed by atoms with van der Waals surface area (Å²) >= 11 is 9.31. The summed E-state index contributed by atoms with van der Waals surface area (Å²) in [5.41, 5.74) is 3.31. The molecule has 0 heterocycles. The van der Waals surface area contributed by atoms with Gasteiger partial charge in [-0.25, -0.2) is 5.43 Å². The van der Waals surface area contributed by atoms with E-state index in [-0.39, 0.29) is 6.54 Å². The van der Waals surface area contributed by atoms with Gasteiger partial charge in [0.1, 0.15) is 0 Å². The van der Waals surface area contributed by atoms with Crippen molar-refractivity contribution < 1.29 is 19.1 Å². The molecule has 27 heavy (non-hydrogen) atoms. The van der Waals surface area contributed by atoms with Crippen molar-refractivity contribution in [3.8, 4) is 11.5 Å². The van der Waals surface area contributed by atoms with Crippen LogP contribution in [-0.4, -0.2) is 38.8 Å². The molecule has 0 aliphatic carbocycles. The van der Waals surface area contributed by atoms with Gasteiger partial charge in [-0.2, -0.15) is 5.10 Å². The average Bonchev–Trinajstić information content (AvgIpc) is 2.66. The molecule has 142 valence electrons. The van der Waals surface area contributed by atoms with Crippen molar-refractivity contribution in [2.75, 3.05) is 20.8 Å². The molecular formula is C18H17BrClN3O4. The smallest absolute Gasteiger partial charge is 0.259 e. The minimum atomic E-state index is -0.480. The molecule has 2 rings (SSSR count). The van der Waals surface area contributed by atoms with E-state index < -0.39 is 11.8 Å². The summed E-state index contributed by atoms with van der Waals surface area (Å²) in [6.45, 7) is -0.239. The molecule has 2 amide bonds. The highest BCUT2D eigenvalue weighted by Gasteiger charge is 2.11. The van der Waals surface area contributed by atoms with Crippen molar-refractivity contribution in [3.63, 3.8) is 0 Å². The zero-order chi connectivity index (χ0) is 19.8. The van der Waals surface area contributed by atoms with Crippen molar-refractivity contribution in [2.45, 2.75) is 0 Å². The molecular weight excluding hydrogens is 438 g/mol. The fourth-order valence-electron chi connectivity index (χ4n) is 2.13. The summed E-state index contributed by atoms with van der Waals surface area (Å²) in [6.07, 6.45) is 1.44. The van der Waals surface area contributed by atoms with Crippen molar-refractivity contribution in [1.29, 1.82) is 0 Å². The molecule has 0 aromatic heterocycles. The number of hydrazone groups is 1. The first-order valence-electron chi connectivity index (χ1n) is 7.72. The van der Waals surface area contributed by atoms with Crippen molar-refractivity contribution in [1.82, 2.24) is 10.7 Å². The van der Waals surface area contributed by atoms with Crippen molar-refractivity contribution in [3.05, 3.63) is 57.0 Å². The normalized spacial score (nSPS) is 10.5. The topological polar surface area (TPSA) is 89.0 Å². The van der Waals surface area contributed by atoms with Crippen LogP contribution in [-0.2, 0) is 4.79 Å². The molecule has 0 radical (unpaired) electrons. The van der Waals surface area contributed by atoms with Crippen LogP contribution in [0.15, 0.2) is 46.0 Å². The Morgan fingerprint density at radius 2 is 1.96 bits per heavy atom. The fraction of sp³-hybridized carbons (Fsp3) is 0.167. The van der Waals surface area contributed by atoms with Gasteiger partial charge in [0.25, 0.3) is 11.8 Å². The summed E-state index contributed by atoms with van der Waals surface area (Å²) < 4.78 is 11.2. The van der Waals surface area contributed by atoms with E-state index in [9.17, 15) is 9.59 Å². The molecule has 2 N–H and O–H groups in total. The lowest BCUT2D eigenvalue weighted by Crippen LogP contribution is -2.35. The van der Waals surface area contributed by atoms with E-state index in [1.54, 1.807) is 36.4 Å². The molecule has 0 bridgehead atoms. The quantitative estimate of drug-likeness (QED) is 0.497. The minimum Gasteiger partial charge on any atom is -0.493 e. The van der Waals surface area contributed by atoms with Crippen LogP contribution in [0.3, 0.4) is 0 Å². The Morgan fingerprint density at radius 1 is 1.22 bits per heavy atom. The Kier molecular flexibility index (Phi) is 7.63. The van der Waals surface area contributed by atoms with Gasteiger partial charge in [-0.1, -0.05) is 23.7 Å². The summed E-state index contributed by atoms with van der Waals surface area (Å²) in [7, 11) is 3.06. The van der Waals surface area contributed by atoms with Crippen LogP contribution < -0.4 is 20.2 Å². The van der Waals surface area contributed by atoms with Gasteiger partial charge < -0.3 is 14.8 Å². The number of halogens is 2. The molecule has 0 aliphatic heterocycles. The number of methoxy groups -OCH3 is 2. The number of amides is 2. The highest BCUT2D eigenvalue weighted by molar-refractivity contribution is 9.10. The average molecular weight is 455 g/mol. The first-order valence-corrected chi connectivity index (χ1v) is 8.89. The summed E-state index contributed by atoms with van der Waals surface area (Å²) in [4.78, 5) is 23.8. The van der Waals surface area contributed by atoms with Crippen LogP contribution in [0.25, 0.3) is 0 Å². The number of rotatable bonds is 7. The number of benzene rings is 2. The second-order valence-corrected chi connectivity index (χ2v) is 6.46. The van der Waals surface area contributed by atoms with Gasteiger partial charge in [0.2, 0.25) is 0 Å². The predicted molar refractivity (Wildman–Crippen MR) is 107 cm³/mol.